The van der Waals surface area contributed by atoms with Gasteiger partial charge in [-0.15, -0.1) is 0 Å². The number of carbonyl (C=O) groups excluding carboxylic acids is 2. The van der Waals surface area contributed by atoms with Gasteiger partial charge in [-0.2, -0.15) is 0 Å². The number of hydroxylamine groups is 1. The summed E-state index contributed by atoms with van der Waals surface area (Å²) >= 11 is 0. The summed E-state index contributed by atoms with van der Waals surface area (Å²) in [4.78, 5) is 25.4. The molecule has 2 amide bonds. The molecule has 126 valence electrons. The van der Waals surface area contributed by atoms with E-state index >= 15 is 0 Å². The number of anilines is 1. The Kier molecular flexibility index (Phi) is 5.11. The average molecular weight is 326 g/mol. The molecule has 0 aromatic heterocycles. The summed E-state index contributed by atoms with van der Waals surface area (Å²) in [6, 6.07) is 11.9. The lowest BCUT2D eigenvalue weighted by atomic mass is 10.1. The van der Waals surface area contributed by atoms with E-state index in [1.165, 1.54) is 0 Å². The van der Waals surface area contributed by atoms with E-state index in [1.54, 1.807) is 5.48 Å². The van der Waals surface area contributed by atoms with Crippen molar-refractivity contribution in [1.29, 1.82) is 0 Å². The first kappa shape index (κ1) is 16.5. The molecule has 1 aliphatic rings. The average Bonchev–Trinajstić information content (AvgIpc) is 2.88. The van der Waals surface area contributed by atoms with Crippen molar-refractivity contribution >= 4 is 28.3 Å². The minimum atomic E-state index is -0.330. The zero-order chi connectivity index (χ0) is 16.9. The van der Waals surface area contributed by atoms with Gasteiger partial charge >= 0.3 is 0 Å². The predicted molar refractivity (Wildman–Crippen MR) is 93.3 cm³/mol. The maximum Gasteiger partial charge on any atom is 0.258 e. The largest absolute Gasteiger partial charge is 0.308 e. The molecule has 5 heteroatoms. The lowest BCUT2D eigenvalue weighted by Crippen LogP contribution is -2.27. The van der Waals surface area contributed by atoms with Crippen LogP contribution in [-0.4, -0.2) is 23.6 Å². The normalized spacial score (nSPS) is 12.9. The highest BCUT2D eigenvalue weighted by molar-refractivity contribution is 6.24. The fraction of sp³-hybridized carbons (Fsp3) is 0.368. The highest BCUT2D eigenvalue weighted by Crippen LogP contribution is 2.37. The number of unbranched alkanes of at least 4 members (excludes halogenated alkanes) is 4. The summed E-state index contributed by atoms with van der Waals surface area (Å²) in [7, 11) is 0. The number of carbonyl (C=O) groups is 2. The van der Waals surface area contributed by atoms with E-state index < -0.39 is 0 Å². The molecule has 0 spiro atoms. The van der Waals surface area contributed by atoms with Crippen LogP contribution >= 0.6 is 0 Å². The summed E-state index contributed by atoms with van der Waals surface area (Å²) in [6.45, 7) is 0.726. The number of amides is 2. The van der Waals surface area contributed by atoms with Crippen molar-refractivity contribution in [3.8, 4) is 0 Å². The quantitative estimate of drug-likeness (QED) is 0.442. The van der Waals surface area contributed by atoms with E-state index in [4.69, 9.17) is 5.21 Å². The first-order chi connectivity index (χ1) is 11.7. The fourth-order valence-corrected chi connectivity index (χ4v) is 3.34. The van der Waals surface area contributed by atoms with Crippen LogP contribution in [0, 0.1) is 0 Å². The Morgan fingerprint density at radius 3 is 2.50 bits per heavy atom. The van der Waals surface area contributed by atoms with E-state index in [9.17, 15) is 9.59 Å². The second kappa shape index (κ2) is 7.45. The Morgan fingerprint density at radius 2 is 1.71 bits per heavy atom. The van der Waals surface area contributed by atoms with Gasteiger partial charge in [-0.05, 0) is 30.4 Å². The van der Waals surface area contributed by atoms with Crippen LogP contribution in [-0.2, 0) is 4.79 Å². The number of rotatable bonds is 8. The summed E-state index contributed by atoms with van der Waals surface area (Å²) in [5.74, 6) is -0.232. The molecule has 2 N–H and O–H groups in total. The van der Waals surface area contributed by atoms with Gasteiger partial charge in [0, 0.05) is 23.9 Å². The van der Waals surface area contributed by atoms with Crippen molar-refractivity contribution in [2.75, 3.05) is 11.4 Å². The van der Waals surface area contributed by atoms with Crippen LogP contribution in [0.25, 0.3) is 10.8 Å². The van der Waals surface area contributed by atoms with Crippen LogP contribution in [0.1, 0.15) is 48.9 Å². The Labute approximate surface area is 141 Å². The molecule has 0 radical (unpaired) electrons. The van der Waals surface area contributed by atoms with Crippen molar-refractivity contribution in [3.63, 3.8) is 0 Å². The number of hydrogen-bond acceptors (Lipinski definition) is 3. The zero-order valence-electron chi connectivity index (χ0n) is 13.6. The van der Waals surface area contributed by atoms with Gasteiger partial charge in [-0.1, -0.05) is 43.5 Å². The van der Waals surface area contributed by atoms with Crippen LogP contribution in [0.3, 0.4) is 0 Å². The Bertz CT molecular complexity index is 752. The van der Waals surface area contributed by atoms with Gasteiger partial charge in [0.1, 0.15) is 0 Å². The molecule has 3 rings (SSSR count). The van der Waals surface area contributed by atoms with Gasteiger partial charge < -0.3 is 4.90 Å². The number of nitrogens with zero attached hydrogens (tertiary/aromatic N) is 1. The van der Waals surface area contributed by atoms with Gasteiger partial charge in [0.05, 0.1) is 5.69 Å². The molecule has 1 aliphatic heterocycles. The lowest BCUT2D eigenvalue weighted by molar-refractivity contribution is -0.129. The third-order valence-electron chi connectivity index (χ3n) is 4.56. The molecule has 0 atom stereocenters. The Morgan fingerprint density at radius 1 is 1.00 bits per heavy atom. The summed E-state index contributed by atoms with van der Waals surface area (Å²) in [5, 5.41) is 10.6. The van der Waals surface area contributed by atoms with Gasteiger partial charge in [0.25, 0.3) is 5.91 Å². The topological polar surface area (TPSA) is 69.6 Å². The van der Waals surface area contributed by atoms with E-state index in [0.717, 1.165) is 60.7 Å². The molecule has 2 aromatic carbocycles. The molecule has 0 bridgehead atoms. The molecule has 0 fully saturated rings. The van der Waals surface area contributed by atoms with Crippen molar-refractivity contribution in [2.45, 2.75) is 38.5 Å². The van der Waals surface area contributed by atoms with Crippen molar-refractivity contribution in [1.82, 2.24) is 5.48 Å². The van der Waals surface area contributed by atoms with Crippen LogP contribution in [0.5, 0.6) is 0 Å². The second-order valence-corrected chi connectivity index (χ2v) is 6.19. The lowest BCUT2D eigenvalue weighted by Gasteiger charge is -2.17. The molecule has 1 heterocycles. The minimum Gasteiger partial charge on any atom is -0.308 e. The second-order valence-electron chi connectivity index (χ2n) is 6.19. The number of hydrogen-bond donors (Lipinski definition) is 2. The maximum atomic E-state index is 12.6. The highest BCUT2D eigenvalue weighted by Gasteiger charge is 2.28. The van der Waals surface area contributed by atoms with Gasteiger partial charge in [-0.25, -0.2) is 5.48 Å². The van der Waals surface area contributed by atoms with Gasteiger partial charge in [0.15, 0.2) is 0 Å². The first-order valence-corrected chi connectivity index (χ1v) is 8.49. The SMILES string of the molecule is O=C(CCCCCCCN1C(=O)c2cccc3cccc1c23)NO. The molecule has 0 unspecified atom stereocenters. The summed E-state index contributed by atoms with van der Waals surface area (Å²) < 4.78 is 0. The molecule has 24 heavy (non-hydrogen) atoms. The monoisotopic (exact) mass is 326 g/mol. The molecular formula is C19H22N2O3. The van der Waals surface area contributed by atoms with Crippen molar-refractivity contribution in [2.24, 2.45) is 0 Å². The Balaban J connectivity index is 1.50. The number of nitrogens with one attached hydrogen (secondary N) is 1. The summed E-state index contributed by atoms with van der Waals surface area (Å²) in [6.07, 6.45) is 5.09. The molecule has 0 aliphatic carbocycles. The van der Waals surface area contributed by atoms with Crippen molar-refractivity contribution < 1.29 is 14.8 Å². The molecule has 0 saturated heterocycles. The molecule has 5 nitrogen and oxygen atoms in total. The van der Waals surface area contributed by atoms with Gasteiger partial charge in [0.2, 0.25) is 5.91 Å². The van der Waals surface area contributed by atoms with Crippen LogP contribution in [0.15, 0.2) is 36.4 Å². The maximum absolute atomic E-state index is 12.6. The zero-order valence-corrected chi connectivity index (χ0v) is 13.6. The third kappa shape index (κ3) is 3.26. The first-order valence-electron chi connectivity index (χ1n) is 8.49. The van der Waals surface area contributed by atoms with Gasteiger partial charge in [-0.3, -0.25) is 14.8 Å². The van der Waals surface area contributed by atoms with Crippen LogP contribution in [0.2, 0.25) is 0 Å². The van der Waals surface area contributed by atoms with Crippen LogP contribution in [0.4, 0.5) is 5.69 Å². The van der Waals surface area contributed by atoms with E-state index in [-0.39, 0.29) is 11.8 Å². The van der Waals surface area contributed by atoms with Crippen molar-refractivity contribution in [3.05, 3.63) is 42.0 Å². The van der Waals surface area contributed by atoms with E-state index in [1.807, 2.05) is 41.3 Å². The predicted octanol–water partition coefficient (Wildman–Crippen LogP) is 3.65. The fourth-order valence-electron chi connectivity index (χ4n) is 3.34. The smallest absolute Gasteiger partial charge is 0.258 e. The number of benzene rings is 2. The van der Waals surface area contributed by atoms with E-state index in [2.05, 4.69) is 0 Å². The standard InChI is InChI=1S/C19H22N2O3/c22-17(20-24)12-4-2-1-3-5-13-21-16-11-7-9-14-8-6-10-15(18(14)16)19(21)23/h6-11,24H,1-5,12-13H2,(H,20,22). The minimum absolute atomic E-state index is 0.0985. The molecular weight excluding hydrogens is 304 g/mol. The molecule has 0 saturated carbocycles. The third-order valence-corrected chi connectivity index (χ3v) is 4.56. The highest BCUT2D eigenvalue weighted by atomic mass is 16.5. The summed E-state index contributed by atoms with van der Waals surface area (Å²) in [5.41, 5.74) is 3.47. The van der Waals surface area contributed by atoms with E-state index in [0.29, 0.717) is 6.42 Å². The van der Waals surface area contributed by atoms with Crippen LogP contribution < -0.4 is 10.4 Å². The Hall–Kier alpha value is -2.40. The molecule has 2 aromatic rings.